The first-order valence-corrected chi connectivity index (χ1v) is 39.3. The van der Waals surface area contributed by atoms with Crippen LogP contribution in [0.3, 0.4) is 0 Å². The van der Waals surface area contributed by atoms with Crippen LogP contribution in [0.5, 0.6) is 0 Å². The van der Waals surface area contributed by atoms with Gasteiger partial charge in [0.15, 0.2) is 0 Å². The van der Waals surface area contributed by atoms with Gasteiger partial charge < -0.3 is 96.8 Å². The summed E-state index contributed by atoms with van der Waals surface area (Å²) in [5.74, 6) is -22.4. The van der Waals surface area contributed by atoms with Crippen molar-refractivity contribution < 1.29 is 222 Å². The van der Waals surface area contributed by atoms with Crippen LogP contribution in [0.2, 0.25) is 0 Å². The Morgan fingerprint density at radius 1 is 0.223 bits per heavy atom. The summed E-state index contributed by atoms with van der Waals surface area (Å²) < 4.78 is 0. The van der Waals surface area contributed by atoms with Gasteiger partial charge in [-0.05, 0) is 6.42 Å². The van der Waals surface area contributed by atoms with Crippen molar-refractivity contribution in [1.29, 1.82) is 0 Å². The van der Waals surface area contributed by atoms with E-state index in [1.165, 1.54) is 55.1 Å². The number of carbonyl (C=O) groups is 19. The third kappa shape index (κ3) is 61.8. The number of aliphatic carboxylic acids is 12. The van der Waals surface area contributed by atoms with Crippen LogP contribution in [0.15, 0.2) is 0 Å². The maximum Gasteiger partial charge on any atom is 3.00 e. The summed E-state index contributed by atoms with van der Waals surface area (Å²) in [6, 6.07) is 0. The molecule has 15 N–H and O–H groups in total. The van der Waals surface area contributed by atoms with E-state index in [2.05, 4.69) is 22.9 Å². The summed E-state index contributed by atoms with van der Waals surface area (Å²) in [6.07, 6.45) is 13.1. The van der Waals surface area contributed by atoms with Crippen molar-refractivity contribution in [2.75, 3.05) is 249 Å². The monoisotopic (exact) mass is 1890 g/mol. The minimum absolute atomic E-state index is 0. The molecule has 47 nitrogen and oxygen atoms in total. The van der Waals surface area contributed by atoms with Gasteiger partial charge in [-0.25, -0.2) is 0 Å². The number of rotatable bonds is 68. The summed E-state index contributed by atoms with van der Waals surface area (Å²) in [6.45, 7) is -17.4. The largest absolute Gasteiger partial charge is 3.00 e. The molecule has 0 bridgehead atoms. The molecule has 0 spiro atoms. The minimum Gasteiger partial charge on any atom is -0.480 e. The molecule has 0 aromatic rings. The van der Waals surface area contributed by atoms with Gasteiger partial charge in [-0.3, -0.25) is 135 Å². The Balaban J connectivity index is 0. The van der Waals surface area contributed by atoms with Crippen LogP contribution in [0.1, 0.15) is 96.8 Å². The number of carboxylic acids is 12. The molecule has 0 unspecified atom stereocenters. The number of carbonyl (C=O) groups excluding carboxylic acids is 7. The first kappa shape index (κ1) is 115. The molecule has 0 atom stereocenters. The second-order valence-corrected chi connectivity index (χ2v) is 28.7. The van der Waals surface area contributed by atoms with E-state index < -0.39 is 257 Å². The SMILES string of the molecule is CCCCCCCCCCCCCCCC(=O)N1CCN(C(=O)CNC(=O)CN(CCN(CC(=O)O)CC(=O)O)CCN(CC(=O)O)CC(=O)O)CCN(C(=O)CNC(=O)CN(CCN(CC(=O)O)CC(=O)O)CCN(CC(=O)O)CC(=O)O)CCN(C(=O)CNC(=O)CN(CCN(CC(=O)O)CC(=O)O)CCN(CC(=O)O)CC(=O)O)CC1.[Gd+3].[Na+]. The van der Waals surface area contributed by atoms with Crippen molar-refractivity contribution in [2.45, 2.75) is 96.8 Å². The molecule has 0 saturated carbocycles. The molecule has 0 aromatic carbocycles. The average molecular weight is 1890 g/mol. The molecule has 0 aromatic heterocycles. The van der Waals surface area contributed by atoms with E-state index in [0.29, 0.717) is 12.8 Å². The van der Waals surface area contributed by atoms with Crippen molar-refractivity contribution in [2.24, 2.45) is 0 Å². The zero-order valence-electron chi connectivity index (χ0n) is 69.1. The molecule has 1 aliphatic rings. The minimum atomic E-state index is -1.41. The van der Waals surface area contributed by atoms with Gasteiger partial charge in [0, 0.05) is 137 Å². The number of carboxylic acid groups (broad SMARTS) is 12. The zero-order valence-corrected chi connectivity index (χ0v) is 73.3. The molecular weight excluding hydrogens is 1770 g/mol. The molecular formula is C72H122GdN16NaO31+4. The number of nitrogens with zero attached hydrogens (tertiary/aromatic N) is 13. The predicted octanol–water partition coefficient (Wildman–Crippen LogP) is -9.12. The third-order valence-corrected chi connectivity index (χ3v) is 18.6. The summed E-state index contributed by atoms with van der Waals surface area (Å²) in [4.78, 5) is 255. The smallest absolute Gasteiger partial charge is 0.480 e. The van der Waals surface area contributed by atoms with Gasteiger partial charge in [-0.15, -0.1) is 0 Å². The van der Waals surface area contributed by atoms with Crippen molar-refractivity contribution in [3.63, 3.8) is 0 Å². The molecule has 121 heavy (non-hydrogen) atoms. The molecule has 0 aliphatic carbocycles. The van der Waals surface area contributed by atoms with Crippen LogP contribution < -0.4 is 45.5 Å². The van der Waals surface area contributed by atoms with Crippen molar-refractivity contribution in [3.8, 4) is 0 Å². The Labute approximate surface area is 754 Å². The molecule has 1 radical (unpaired) electrons. The molecule has 1 fully saturated rings. The normalized spacial score (nSPS) is 12.7. The van der Waals surface area contributed by atoms with Gasteiger partial charge in [0.25, 0.3) is 0 Å². The molecule has 1 saturated heterocycles. The van der Waals surface area contributed by atoms with Crippen LogP contribution in [0, 0.1) is 39.9 Å². The first-order chi connectivity index (χ1) is 56.2. The Morgan fingerprint density at radius 3 is 0.537 bits per heavy atom. The summed E-state index contributed by atoms with van der Waals surface area (Å²) in [5, 5.41) is 121. The van der Waals surface area contributed by atoms with Crippen molar-refractivity contribution in [3.05, 3.63) is 0 Å². The standard InChI is InChI=1S/C72H122N16O31.Gd.Na/c1-2-3-4-5-6-7-8-9-10-11-12-13-14-15-57(92)85-28-30-86(58(93)36-73-54(89)39-76(16-22-79(42-61(96)97)43-62(98)99)17-23-80(44-63(100)101)45-64(102)103)32-34-88(60(95)38-75-56(91)41-78(20-26-83(50-69(112)113)51-70(114)115)21-27-84(52-71(116)117)53-72(118)119)35-33-87(31-29-85)59(94)37-74-55(90)40-77(18-24-81(46-65(104)105)47-66(106)107)19-25-82(48-67(108)109)49-68(110)111;;/h2-53H2,1H3,(H,73,89)(H,74,90)(H,75,91)(H,96,97)(H,98,99)(H,100,101)(H,102,103)(H,104,105)(H,106,107)(H,108,109)(H,110,111)(H,112,113)(H,114,115)(H,116,117)(H,118,119);;/q;+3;+1. The van der Waals surface area contributed by atoms with E-state index in [0.717, 1.165) is 79.2 Å². The fraction of sp³-hybridized carbons (Fsp3) is 0.736. The number of hydrogen-bond donors (Lipinski definition) is 15. The first-order valence-electron chi connectivity index (χ1n) is 39.3. The molecule has 49 heteroatoms. The van der Waals surface area contributed by atoms with Gasteiger partial charge in [-0.2, -0.15) is 0 Å². The van der Waals surface area contributed by atoms with Gasteiger partial charge in [0.1, 0.15) is 0 Å². The fourth-order valence-electron chi connectivity index (χ4n) is 12.6. The summed E-state index contributed by atoms with van der Waals surface area (Å²) >= 11 is 0. The maximum atomic E-state index is 14.7. The molecule has 1 rings (SSSR count). The van der Waals surface area contributed by atoms with E-state index >= 15 is 0 Å². The predicted molar refractivity (Wildman–Crippen MR) is 415 cm³/mol. The van der Waals surface area contributed by atoms with Gasteiger partial charge in [0.05, 0.1) is 118 Å². The van der Waals surface area contributed by atoms with Crippen molar-refractivity contribution in [1.82, 2.24) is 79.6 Å². The number of amides is 7. The molecule has 681 valence electrons. The summed E-state index contributed by atoms with van der Waals surface area (Å²) in [5.41, 5.74) is 0. The van der Waals surface area contributed by atoms with Gasteiger partial charge in [-0.1, -0.05) is 84.0 Å². The second-order valence-electron chi connectivity index (χ2n) is 28.7. The number of unbranched alkanes of at least 4 members (excludes halogenated alkanes) is 12. The Hall–Kier alpha value is -8.11. The molecule has 1 aliphatic heterocycles. The Bertz CT molecular complexity index is 2960. The zero-order chi connectivity index (χ0) is 89.4. The Kier molecular flexibility index (Phi) is 64.0. The molecule has 1 heterocycles. The van der Waals surface area contributed by atoms with E-state index in [9.17, 15) is 152 Å². The topological polar surface area (TPSA) is 645 Å². The van der Waals surface area contributed by atoms with Crippen LogP contribution in [-0.2, 0) is 91.1 Å². The van der Waals surface area contributed by atoms with E-state index in [1.807, 2.05) is 0 Å². The van der Waals surface area contributed by atoms with Crippen LogP contribution in [0.4, 0.5) is 0 Å². The number of nitrogens with one attached hydrogen (secondary N) is 3. The average Bonchev–Trinajstić information content (AvgIpc) is 0.868. The Morgan fingerprint density at radius 2 is 0.372 bits per heavy atom. The third-order valence-electron chi connectivity index (χ3n) is 18.6. The van der Waals surface area contributed by atoms with E-state index in [4.69, 9.17) is 0 Å². The number of hydrogen-bond acceptors (Lipinski definition) is 28. The van der Waals surface area contributed by atoms with E-state index in [1.54, 1.807) is 0 Å². The van der Waals surface area contributed by atoms with Crippen molar-refractivity contribution >= 4 is 113 Å². The fourth-order valence-corrected chi connectivity index (χ4v) is 12.6. The maximum absolute atomic E-state index is 14.7. The van der Waals surface area contributed by atoms with Crippen LogP contribution in [0.25, 0.3) is 0 Å². The van der Waals surface area contributed by atoms with Crippen LogP contribution >= 0.6 is 0 Å². The van der Waals surface area contributed by atoms with Crippen LogP contribution in [-0.4, -0.2) is 487 Å². The second kappa shape index (κ2) is 67.4. The van der Waals surface area contributed by atoms with Gasteiger partial charge in [0.2, 0.25) is 41.4 Å². The van der Waals surface area contributed by atoms with E-state index in [-0.39, 0.29) is 181 Å². The van der Waals surface area contributed by atoms with Gasteiger partial charge >= 0.3 is 141 Å². The molecule has 7 amide bonds. The summed E-state index contributed by atoms with van der Waals surface area (Å²) in [7, 11) is 0. The quantitative estimate of drug-likeness (QED) is 0.0199.